The summed E-state index contributed by atoms with van der Waals surface area (Å²) in [6.45, 7) is 2.71. The van der Waals surface area contributed by atoms with Crippen LogP contribution in [-0.4, -0.2) is 47.2 Å². The molecule has 2 aliphatic heterocycles. The highest BCUT2D eigenvalue weighted by atomic mass is 32.1. The summed E-state index contributed by atoms with van der Waals surface area (Å²) in [5.41, 5.74) is 8.36. The van der Waals surface area contributed by atoms with Crippen LogP contribution < -0.4 is 16.0 Å². The zero-order valence-electron chi connectivity index (χ0n) is 15.0. The Morgan fingerprint density at radius 3 is 2.78 bits per heavy atom. The number of nitrogens with two attached hydrogens (primary N) is 1. The van der Waals surface area contributed by atoms with E-state index in [1.165, 1.54) is 23.4 Å². The van der Waals surface area contributed by atoms with Gasteiger partial charge in [-0.05, 0) is 25.7 Å². The fourth-order valence-electron chi connectivity index (χ4n) is 4.02. The van der Waals surface area contributed by atoms with E-state index in [0.29, 0.717) is 37.2 Å². The number of thiazole rings is 1. The van der Waals surface area contributed by atoms with Crippen LogP contribution in [0.3, 0.4) is 0 Å². The smallest absolute Gasteiger partial charge is 0.229 e. The third-order valence-corrected chi connectivity index (χ3v) is 6.68. The second kappa shape index (κ2) is 6.72. The van der Waals surface area contributed by atoms with Crippen LogP contribution in [0.15, 0.2) is 0 Å². The first kappa shape index (κ1) is 16.9. The van der Waals surface area contributed by atoms with Crippen LogP contribution in [0, 0.1) is 0 Å². The van der Waals surface area contributed by atoms with Gasteiger partial charge in [0.2, 0.25) is 11.9 Å². The van der Waals surface area contributed by atoms with E-state index >= 15 is 0 Å². The molecule has 142 valence electrons. The summed E-state index contributed by atoms with van der Waals surface area (Å²) in [6.07, 6.45) is 4.85. The number of aromatic nitrogens is 3. The monoisotopic (exact) mass is 386 g/mol. The third kappa shape index (κ3) is 3.04. The molecule has 1 atom stereocenters. The van der Waals surface area contributed by atoms with E-state index in [4.69, 9.17) is 15.5 Å². The van der Waals surface area contributed by atoms with Gasteiger partial charge in [-0.15, -0.1) is 11.3 Å². The number of ether oxygens (including phenoxy) is 1. The molecule has 8 nitrogen and oxygen atoms in total. The van der Waals surface area contributed by atoms with Gasteiger partial charge in [-0.1, -0.05) is 0 Å². The second-order valence-corrected chi connectivity index (χ2v) is 8.32. The van der Waals surface area contributed by atoms with Crippen molar-refractivity contribution in [2.24, 2.45) is 0 Å². The number of rotatable bonds is 2. The Labute approximate surface area is 161 Å². The zero-order valence-corrected chi connectivity index (χ0v) is 15.8. The molecule has 2 aromatic heterocycles. The molecule has 0 saturated carbocycles. The lowest BCUT2D eigenvalue weighted by atomic mass is 9.93. The van der Waals surface area contributed by atoms with Crippen molar-refractivity contribution in [3.63, 3.8) is 0 Å². The highest BCUT2D eigenvalue weighted by Crippen LogP contribution is 2.42. The van der Waals surface area contributed by atoms with Crippen LogP contribution in [0.25, 0.3) is 0 Å². The third-order valence-electron chi connectivity index (χ3n) is 5.41. The summed E-state index contributed by atoms with van der Waals surface area (Å²) in [7, 11) is 0. The lowest BCUT2D eigenvalue weighted by Crippen LogP contribution is -2.38. The SMILES string of the molecule is Nc1nc(N2CCOCC2)nc2c1C(c1nc3c(s1)CCCC3)CC(=O)N2. The number of nitrogen functional groups attached to an aromatic ring is 1. The van der Waals surface area contributed by atoms with Gasteiger partial charge in [-0.2, -0.15) is 9.97 Å². The number of morpholine rings is 1. The molecule has 1 fully saturated rings. The Balaban J connectivity index is 1.54. The highest BCUT2D eigenvalue weighted by Gasteiger charge is 2.34. The predicted molar refractivity (Wildman–Crippen MR) is 103 cm³/mol. The minimum absolute atomic E-state index is 0.0494. The van der Waals surface area contributed by atoms with Crippen molar-refractivity contribution in [3.05, 3.63) is 21.1 Å². The maximum Gasteiger partial charge on any atom is 0.229 e. The average Bonchev–Trinajstić information content (AvgIpc) is 3.12. The molecule has 27 heavy (non-hydrogen) atoms. The van der Waals surface area contributed by atoms with Gasteiger partial charge in [0.25, 0.3) is 0 Å². The number of fused-ring (bicyclic) bond motifs is 2. The van der Waals surface area contributed by atoms with E-state index in [2.05, 4.69) is 15.3 Å². The number of carbonyl (C=O) groups is 1. The van der Waals surface area contributed by atoms with E-state index in [1.807, 2.05) is 4.90 Å². The summed E-state index contributed by atoms with van der Waals surface area (Å²) in [4.78, 5) is 29.8. The first-order valence-electron chi connectivity index (χ1n) is 9.47. The number of amides is 1. The topological polar surface area (TPSA) is 106 Å². The minimum atomic E-state index is -0.164. The van der Waals surface area contributed by atoms with Crippen molar-refractivity contribution < 1.29 is 9.53 Å². The molecular formula is C18H22N6O2S. The van der Waals surface area contributed by atoms with Crippen LogP contribution in [0.2, 0.25) is 0 Å². The van der Waals surface area contributed by atoms with Gasteiger partial charge in [0.15, 0.2) is 0 Å². The molecule has 1 unspecified atom stereocenters. The number of hydrogen-bond donors (Lipinski definition) is 2. The lowest BCUT2D eigenvalue weighted by molar-refractivity contribution is -0.116. The molecule has 5 rings (SSSR count). The Bertz CT molecular complexity index is 869. The van der Waals surface area contributed by atoms with Crippen LogP contribution in [0.4, 0.5) is 17.6 Å². The van der Waals surface area contributed by atoms with Crippen molar-refractivity contribution in [1.29, 1.82) is 0 Å². The van der Waals surface area contributed by atoms with Crippen molar-refractivity contribution in [2.45, 2.75) is 38.0 Å². The van der Waals surface area contributed by atoms with Gasteiger partial charge in [0, 0.05) is 30.0 Å². The quantitative estimate of drug-likeness (QED) is 0.809. The summed E-state index contributed by atoms with van der Waals surface area (Å²) in [5, 5.41) is 3.86. The molecule has 1 saturated heterocycles. The predicted octanol–water partition coefficient (Wildman–Crippen LogP) is 1.70. The molecule has 3 aliphatic rings. The number of carbonyl (C=O) groups excluding carboxylic acids is 1. The molecule has 0 radical (unpaired) electrons. The van der Waals surface area contributed by atoms with Gasteiger partial charge in [-0.3, -0.25) is 4.79 Å². The zero-order chi connectivity index (χ0) is 18.4. The van der Waals surface area contributed by atoms with Crippen molar-refractivity contribution in [2.75, 3.05) is 42.3 Å². The number of anilines is 3. The molecule has 0 spiro atoms. The standard InChI is InChI=1S/C18H22N6O2S/c19-15-14-10(17-20-11-3-1-2-4-12(11)27-17)9-13(25)21-16(14)23-18(22-15)24-5-7-26-8-6-24/h10H,1-9H2,(H3,19,21,22,23,25). The molecule has 1 amide bonds. The summed E-state index contributed by atoms with van der Waals surface area (Å²) in [6, 6.07) is 0. The van der Waals surface area contributed by atoms with Gasteiger partial charge in [-0.25, -0.2) is 4.98 Å². The summed E-state index contributed by atoms with van der Waals surface area (Å²) in [5.74, 6) is 1.29. The Hall–Kier alpha value is -2.26. The van der Waals surface area contributed by atoms with Crippen LogP contribution in [0.1, 0.15) is 46.3 Å². The lowest BCUT2D eigenvalue weighted by Gasteiger charge is -2.30. The Morgan fingerprint density at radius 1 is 1.15 bits per heavy atom. The molecule has 0 aromatic carbocycles. The summed E-state index contributed by atoms with van der Waals surface area (Å²) < 4.78 is 5.39. The maximum absolute atomic E-state index is 12.4. The maximum atomic E-state index is 12.4. The Kier molecular flexibility index (Phi) is 4.20. The molecule has 3 N–H and O–H groups in total. The second-order valence-electron chi connectivity index (χ2n) is 7.20. The average molecular weight is 386 g/mol. The molecule has 2 aromatic rings. The first-order chi connectivity index (χ1) is 13.2. The van der Waals surface area contributed by atoms with Crippen LogP contribution in [0.5, 0.6) is 0 Å². The van der Waals surface area contributed by atoms with Crippen LogP contribution >= 0.6 is 11.3 Å². The van der Waals surface area contributed by atoms with Gasteiger partial charge < -0.3 is 20.7 Å². The molecular weight excluding hydrogens is 364 g/mol. The van der Waals surface area contributed by atoms with Crippen molar-refractivity contribution >= 4 is 34.8 Å². The van der Waals surface area contributed by atoms with Crippen molar-refractivity contribution in [1.82, 2.24) is 15.0 Å². The summed E-state index contributed by atoms with van der Waals surface area (Å²) >= 11 is 1.72. The fourth-order valence-corrected chi connectivity index (χ4v) is 5.28. The van der Waals surface area contributed by atoms with E-state index in [9.17, 15) is 4.79 Å². The molecule has 4 heterocycles. The number of aryl methyl sites for hydroxylation is 2. The largest absolute Gasteiger partial charge is 0.383 e. The van der Waals surface area contributed by atoms with Crippen molar-refractivity contribution in [3.8, 4) is 0 Å². The number of nitrogens with one attached hydrogen (secondary N) is 1. The highest BCUT2D eigenvalue weighted by molar-refractivity contribution is 7.11. The van der Waals surface area contributed by atoms with Crippen LogP contribution in [-0.2, 0) is 22.4 Å². The molecule has 1 aliphatic carbocycles. The minimum Gasteiger partial charge on any atom is -0.383 e. The number of hydrogen-bond acceptors (Lipinski definition) is 8. The fraction of sp³-hybridized carbons (Fsp3) is 0.556. The van der Waals surface area contributed by atoms with Gasteiger partial charge >= 0.3 is 0 Å². The normalized spacial score (nSPS) is 22.1. The first-order valence-corrected chi connectivity index (χ1v) is 10.3. The van der Waals surface area contributed by atoms with Gasteiger partial charge in [0.05, 0.1) is 24.8 Å². The number of nitrogens with zero attached hydrogens (tertiary/aromatic N) is 4. The molecule has 9 heteroatoms. The van der Waals surface area contributed by atoms with E-state index < -0.39 is 0 Å². The Morgan fingerprint density at radius 2 is 1.96 bits per heavy atom. The van der Waals surface area contributed by atoms with E-state index in [0.717, 1.165) is 36.5 Å². The van der Waals surface area contributed by atoms with E-state index in [-0.39, 0.29) is 11.8 Å². The van der Waals surface area contributed by atoms with E-state index in [1.54, 1.807) is 11.3 Å². The molecule has 0 bridgehead atoms. The van der Waals surface area contributed by atoms with Gasteiger partial charge in [0.1, 0.15) is 16.6 Å².